The highest BCUT2D eigenvalue weighted by atomic mass is 16.5. The summed E-state index contributed by atoms with van der Waals surface area (Å²) in [6, 6.07) is 16.7. The van der Waals surface area contributed by atoms with E-state index in [1.54, 1.807) is 12.1 Å². The van der Waals surface area contributed by atoms with Crippen molar-refractivity contribution in [1.29, 1.82) is 0 Å². The number of hydrogen-bond donors (Lipinski definition) is 1. The number of ether oxygens (including phenoxy) is 1. The Morgan fingerprint density at radius 1 is 0.950 bits per heavy atom. The van der Waals surface area contributed by atoms with Crippen LogP contribution in [0.4, 0.5) is 0 Å². The van der Waals surface area contributed by atoms with Crippen molar-refractivity contribution in [2.45, 2.75) is 19.8 Å². The number of carboxylic acid groups (broad SMARTS) is 1. The number of hydrogen-bond acceptors (Lipinski definition) is 2. The molecule has 0 aliphatic heterocycles. The van der Waals surface area contributed by atoms with Crippen molar-refractivity contribution in [1.82, 2.24) is 0 Å². The van der Waals surface area contributed by atoms with Crippen LogP contribution in [0, 0.1) is 5.92 Å². The van der Waals surface area contributed by atoms with Crippen LogP contribution in [-0.4, -0.2) is 11.1 Å². The number of rotatable bonds is 5. The molecule has 2 aromatic rings. The van der Waals surface area contributed by atoms with Crippen LogP contribution in [-0.2, 0) is 4.79 Å². The number of carbonyl (C=O) groups is 1. The quantitative estimate of drug-likeness (QED) is 0.881. The lowest BCUT2D eigenvalue weighted by Crippen LogP contribution is -2.17. The first kappa shape index (κ1) is 14.1. The lowest BCUT2D eigenvalue weighted by atomic mass is 9.88. The molecule has 0 spiro atoms. The summed E-state index contributed by atoms with van der Waals surface area (Å²) >= 11 is 0. The van der Waals surface area contributed by atoms with Crippen molar-refractivity contribution in [3.63, 3.8) is 0 Å². The van der Waals surface area contributed by atoms with Crippen LogP contribution in [0.1, 0.15) is 25.3 Å². The van der Waals surface area contributed by atoms with E-state index in [1.165, 1.54) is 0 Å². The zero-order valence-electron chi connectivity index (χ0n) is 11.6. The predicted molar refractivity (Wildman–Crippen MR) is 78.2 cm³/mol. The third-order valence-corrected chi connectivity index (χ3v) is 3.15. The van der Waals surface area contributed by atoms with Crippen LogP contribution in [0.15, 0.2) is 54.6 Å². The molecule has 0 fully saturated rings. The van der Waals surface area contributed by atoms with Crippen LogP contribution >= 0.6 is 0 Å². The summed E-state index contributed by atoms with van der Waals surface area (Å²) in [7, 11) is 0. The maximum Gasteiger partial charge on any atom is 0.311 e. The summed E-state index contributed by atoms with van der Waals surface area (Å²) in [5.41, 5.74) is 0.799. The van der Waals surface area contributed by atoms with Gasteiger partial charge in [0.1, 0.15) is 11.5 Å². The number of carboxylic acids is 1. The first-order valence-electron chi connectivity index (χ1n) is 6.63. The van der Waals surface area contributed by atoms with Gasteiger partial charge in [-0.2, -0.15) is 0 Å². The Bertz CT molecular complexity index is 559. The minimum absolute atomic E-state index is 0.0494. The fraction of sp³-hybridized carbons (Fsp3) is 0.235. The number of aliphatic carboxylic acids is 1. The molecule has 1 atom stereocenters. The van der Waals surface area contributed by atoms with Crippen LogP contribution in [0.5, 0.6) is 11.5 Å². The van der Waals surface area contributed by atoms with Gasteiger partial charge in [-0.15, -0.1) is 0 Å². The molecular formula is C17H18O3. The first-order valence-corrected chi connectivity index (χ1v) is 6.63. The average molecular weight is 270 g/mol. The van der Waals surface area contributed by atoms with Crippen LogP contribution < -0.4 is 4.74 Å². The van der Waals surface area contributed by atoms with Crippen LogP contribution in [0.3, 0.4) is 0 Å². The Balaban J connectivity index is 2.15. The molecule has 2 rings (SSSR count). The molecule has 0 heterocycles. The van der Waals surface area contributed by atoms with Crippen molar-refractivity contribution in [2.75, 3.05) is 0 Å². The molecule has 20 heavy (non-hydrogen) atoms. The molecule has 0 saturated carbocycles. The predicted octanol–water partition coefficient (Wildman–Crippen LogP) is 4.30. The van der Waals surface area contributed by atoms with E-state index in [1.807, 2.05) is 56.3 Å². The number of benzene rings is 2. The molecule has 3 nitrogen and oxygen atoms in total. The Morgan fingerprint density at radius 3 is 2.00 bits per heavy atom. The standard InChI is InChI=1S/C17H18O3/c1-12(2)16(17(18)19)13-8-10-15(11-9-13)20-14-6-4-3-5-7-14/h3-12,16H,1-2H3,(H,18,19). The summed E-state index contributed by atoms with van der Waals surface area (Å²) in [6.07, 6.45) is 0. The van der Waals surface area contributed by atoms with Crippen molar-refractivity contribution < 1.29 is 14.6 Å². The topological polar surface area (TPSA) is 46.5 Å². The second-order valence-electron chi connectivity index (χ2n) is 5.04. The van der Waals surface area contributed by atoms with E-state index in [0.717, 1.165) is 11.3 Å². The van der Waals surface area contributed by atoms with Gasteiger partial charge < -0.3 is 9.84 Å². The highest BCUT2D eigenvalue weighted by Gasteiger charge is 2.23. The summed E-state index contributed by atoms with van der Waals surface area (Å²) in [5.74, 6) is 0.234. The molecule has 2 aromatic carbocycles. The van der Waals surface area contributed by atoms with Gasteiger partial charge in [-0.05, 0) is 35.7 Å². The maximum absolute atomic E-state index is 11.3. The molecule has 0 radical (unpaired) electrons. The first-order chi connectivity index (χ1) is 9.58. The molecule has 0 saturated heterocycles. The SMILES string of the molecule is CC(C)C(C(=O)O)c1ccc(Oc2ccccc2)cc1. The molecule has 0 amide bonds. The molecule has 1 unspecified atom stereocenters. The number of para-hydroxylation sites is 1. The van der Waals surface area contributed by atoms with Gasteiger partial charge in [0.2, 0.25) is 0 Å². The summed E-state index contributed by atoms with van der Waals surface area (Å²) in [4.78, 5) is 11.3. The van der Waals surface area contributed by atoms with E-state index in [-0.39, 0.29) is 5.92 Å². The zero-order chi connectivity index (χ0) is 14.5. The Labute approximate surface area is 118 Å². The van der Waals surface area contributed by atoms with Gasteiger partial charge in [0.15, 0.2) is 0 Å². The summed E-state index contributed by atoms with van der Waals surface area (Å²) in [5, 5.41) is 9.27. The van der Waals surface area contributed by atoms with E-state index >= 15 is 0 Å². The van der Waals surface area contributed by atoms with E-state index in [0.29, 0.717) is 5.75 Å². The fourth-order valence-electron chi connectivity index (χ4n) is 2.18. The van der Waals surface area contributed by atoms with Crippen molar-refractivity contribution in [2.24, 2.45) is 5.92 Å². The average Bonchev–Trinajstić information content (AvgIpc) is 2.41. The van der Waals surface area contributed by atoms with Gasteiger partial charge in [0.25, 0.3) is 0 Å². The smallest absolute Gasteiger partial charge is 0.311 e. The lowest BCUT2D eigenvalue weighted by Gasteiger charge is -2.17. The minimum Gasteiger partial charge on any atom is -0.481 e. The monoisotopic (exact) mass is 270 g/mol. The van der Waals surface area contributed by atoms with E-state index < -0.39 is 11.9 Å². The van der Waals surface area contributed by atoms with Crippen molar-refractivity contribution in [3.8, 4) is 11.5 Å². The van der Waals surface area contributed by atoms with E-state index in [9.17, 15) is 9.90 Å². The normalized spacial score (nSPS) is 12.2. The van der Waals surface area contributed by atoms with Gasteiger partial charge in [0, 0.05) is 0 Å². The summed E-state index contributed by atoms with van der Waals surface area (Å²) < 4.78 is 5.69. The fourth-order valence-corrected chi connectivity index (χ4v) is 2.18. The third-order valence-electron chi connectivity index (χ3n) is 3.15. The molecule has 0 aromatic heterocycles. The van der Waals surface area contributed by atoms with Crippen molar-refractivity contribution >= 4 is 5.97 Å². The van der Waals surface area contributed by atoms with Crippen molar-refractivity contribution in [3.05, 3.63) is 60.2 Å². The molecule has 104 valence electrons. The highest BCUT2D eigenvalue weighted by molar-refractivity contribution is 5.76. The Kier molecular flexibility index (Phi) is 4.41. The molecular weight excluding hydrogens is 252 g/mol. The van der Waals surface area contributed by atoms with Crippen LogP contribution in [0.2, 0.25) is 0 Å². The van der Waals surface area contributed by atoms with Gasteiger partial charge in [-0.25, -0.2) is 0 Å². The third kappa shape index (κ3) is 3.38. The second-order valence-corrected chi connectivity index (χ2v) is 5.04. The second kappa shape index (κ2) is 6.24. The zero-order valence-corrected chi connectivity index (χ0v) is 11.6. The molecule has 0 bridgehead atoms. The molecule has 3 heteroatoms. The van der Waals surface area contributed by atoms with Gasteiger partial charge in [0.05, 0.1) is 5.92 Å². The molecule has 1 N–H and O–H groups in total. The Morgan fingerprint density at radius 2 is 1.50 bits per heavy atom. The summed E-state index contributed by atoms with van der Waals surface area (Å²) in [6.45, 7) is 3.82. The largest absolute Gasteiger partial charge is 0.481 e. The van der Waals surface area contributed by atoms with E-state index in [4.69, 9.17) is 4.74 Å². The lowest BCUT2D eigenvalue weighted by molar-refractivity contribution is -0.139. The minimum atomic E-state index is -0.795. The maximum atomic E-state index is 11.3. The molecule has 0 aliphatic carbocycles. The van der Waals surface area contributed by atoms with Crippen LogP contribution in [0.25, 0.3) is 0 Å². The molecule has 0 aliphatic rings. The van der Waals surface area contributed by atoms with E-state index in [2.05, 4.69) is 0 Å². The van der Waals surface area contributed by atoms with Gasteiger partial charge >= 0.3 is 5.97 Å². The van der Waals surface area contributed by atoms with Gasteiger partial charge in [-0.3, -0.25) is 4.79 Å². The highest BCUT2D eigenvalue weighted by Crippen LogP contribution is 2.28. The van der Waals surface area contributed by atoms with Gasteiger partial charge in [-0.1, -0.05) is 44.2 Å². The Hall–Kier alpha value is -2.29.